The number of hydrogen-bond acceptors (Lipinski definition) is 2. The smallest absolute Gasteiger partial charge is 0.310 e. The lowest BCUT2D eigenvalue weighted by Gasteiger charge is -2.18. The van der Waals surface area contributed by atoms with E-state index in [-0.39, 0.29) is 11.7 Å². The molecule has 1 saturated heterocycles. The van der Waals surface area contributed by atoms with Crippen LogP contribution in [0.1, 0.15) is 31.0 Å². The molecule has 1 aliphatic heterocycles. The molecule has 0 spiro atoms. The zero-order chi connectivity index (χ0) is 14.8. The van der Waals surface area contributed by atoms with Crippen LogP contribution in [0.4, 0.5) is 13.2 Å². The zero-order valence-electron chi connectivity index (χ0n) is 11.3. The van der Waals surface area contributed by atoms with Crippen molar-refractivity contribution in [1.29, 1.82) is 0 Å². The predicted molar refractivity (Wildman–Crippen MR) is 73.1 cm³/mol. The van der Waals surface area contributed by atoms with E-state index in [0.717, 1.165) is 31.0 Å². The number of halogens is 3. The molecule has 2 rings (SSSR count). The Labute approximate surface area is 116 Å². The molecule has 0 amide bonds. The number of rotatable bonds is 3. The summed E-state index contributed by atoms with van der Waals surface area (Å²) < 4.78 is 39.2. The number of hydrogen-bond donors (Lipinski definition) is 1. The van der Waals surface area contributed by atoms with Crippen LogP contribution < -0.4 is 5.32 Å². The van der Waals surface area contributed by atoms with Gasteiger partial charge in [0, 0.05) is 17.8 Å². The maximum absolute atomic E-state index is 13.1. The van der Waals surface area contributed by atoms with Crippen LogP contribution in [0.5, 0.6) is 0 Å². The maximum atomic E-state index is 13.1. The van der Waals surface area contributed by atoms with E-state index in [0.29, 0.717) is 5.57 Å². The van der Waals surface area contributed by atoms with Gasteiger partial charge in [-0.15, -0.1) is 0 Å². The summed E-state index contributed by atoms with van der Waals surface area (Å²) in [6, 6.07) is 2.46. The van der Waals surface area contributed by atoms with E-state index in [1.165, 1.54) is 18.3 Å². The molecule has 0 radical (unpaired) electrons. The van der Waals surface area contributed by atoms with Gasteiger partial charge in [-0.1, -0.05) is 12.7 Å². The van der Waals surface area contributed by atoms with Crippen molar-refractivity contribution in [1.82, 2.24) is 10.3 Å². The molecular weight excluding hydrogens is 265 g/mol. The number of nitrogens with one attached hydrogen (secondary N) is 1. The summed E-state index contributed by atoms with van der Waals surface area (Å²) in [5, 5.41) is 3.28. The molecule has 2 heterocycles. The highest BCUT2D eigenvalue weighted by atomic mass is 19.4. The Morgan fingerprint density at radius 3 is 2.80 bits per heavy atom. The Kier molecular flexibility index (Phi) is 4.28. The molecule has 0 bridgehead atoms. The molecular formula is C15H17F3N2. The molecule has 5 heteroatoms. The van der Waals surface area contributed by atoms with Gasteiger partial charge in [-0.05, 0) is 44.0 Å². The number of pyridine rings is 1. The number of aromatic nitrogens is 1. The average Bonchev–Trinajstić information content (AvgIpc) is 2.92. The highest BCUT2D eigenvalue weighted by Gasteiger charge is 2.35. The Balaban J connectivity index is 2.52. The highest BCUT2D eigenvalue weighted by molar-refractivity contribution is 5.76. The van der Waals surface area contributed by atoms with Crippen LogP contribution >= 0.6 is 0 Å². The highest BCUT2D eigenvalue weighted by Crippen LogP contribution is 2.35. The van der Waals surface area contributed by atoms with Crippen molar-refractivity contribution >= 4 is 5.57 Å². The van der Waals surface area contributed by atoms with Crippen LogP contribution in [0, 0.1) is 0 Å². The summed E-state index contributed by atoms with van der Waals surface area (Å²) in [5.41, 5.74) is 0.576. The van der Waals surface area contributed by atoms with Crippen molar-refractivity contribution in [3.63, 3.8) is 0 Å². The summed E-state index contributed by atoms with van der Waals surface area (Å²) >= 11 is 0. The van der Waals surface area contributed by atoms with Gasteiger partial charge < -0.3 is 5.32 Å². The number of nitrogens with zero attached hydrogens (tertiary/aromatic N) is 1. The normalized spacial score (nSPS) is 20.7. The van der Waals surface area contributed by atoms with Crippen molar-refractivity contribution in [2.75, 3.05) is 6.54 Å². The molecule has 20 heavy (non-hydrogen) atoms. The molecule has 0 saturated carbocycles. The number of allylic oxidation sites excluding steroid dienone is 2. The van der Waals surface area contributed by atoms with Crippen molar-refractivity contribution in [3.8, 4) is 0 Å². The summed E-state index contributed by atoms with van der Waals surface area (Å²) in [7, 11) is 0. The quantitative estimate of drug-likeness (QED) is 0.853. The standard InChI is InChI=1S/C15H17F3N2/c1-3-11(10(2)13-7-5-8-19-13)14-12(15(16,17)18)6-4-9-20-14/h3-4,6,9,13,19H,1,5,7-8H2,2H3/b11-10-/t13-/m1/s1. The van der Waals surface area contributed by atoms with Crippen LogP contribution in [0.3, 0.4) is 0 Å². The fourth-order valence-electron chi connectivity index (χ4n) is 2.53. The van der Waals surface area contributed by atoms with Gasteiger partial charge in [0.25, 0.3) is 0 Å². The molecule has 0 aromatic carbocycles. The molecule has 0 unspecified atom stereocenters. The van der Waals surface area contributed by atoms with Gasteiger partial charge in [0.2, 0.25) is 0 Å². The summed E-state index contributed by atoms with van der Waals surface area (Å²) in [6.07, 6.45) is 0.385. The summed E-state index contributed by atoms with van der Waals surface area (Å²) in [4.78, 5) is 3.93. The Bertz CT molecular complexity index is 526. The lowest BCUT2D eigenvalue weighted by Crippen LogP contribution is -2.23. The van der Waals surface area contributed by atoms with Gasteiger partial charge in [0.1, 0.15) is 0 Å². The van der Waals surface area contributed by atoms with Crippen LogP contribution in [0.25, 0.3) is 5.57 Å². The van der Waals surface area contributed by atoms with E-state index in [2.05, 4.69) is 16.9 Å². The summed E-state index contributed by atoms with van der Waals surface area (Å²) in [6.45, 7) is 6.39. The van der Waals surface area contributed by atoms with Crippen LogP contribution in [-0.2, 0) is 6.18 Å². The van der Waals surface area contributed by atoms with Gasteiger partial charge in [-0.25, -0.2) is 0 Å². The first-order valence-electron chi connectivity index (χ1n) is 6.54. The molecule has 1 aliphatic rings. The van der Waals surface area contributed by atoms with Crippen molar-refractivity contribution in [2.45, 2.75) is 32.0 Å². The van der Waals surface area contributed by atoms with Gasteiger partial charge in [0.15, 0.2) is 0 Å². The Hall–Kier alpha value is -1.62. The van der Waals surface area contributed by atoms with E-state index in [1.54, 1.807) is 0 Å². The first kappa shape index (κ1) is 14.8. The van der Waals surface area contributed by atoms with E-state index in [4.69, 9.17) is 0 Å². The van der Waals surface area contributed by atoms with Crippen molar-refractivity contribution < 1.29 is 13.2 Å². The first-order chi connectivity index (χ1) is 9.45. The second-order valence-corrected chi connectivity index (χ2v) is 4.85. The van der Waals surface area contributed by atoms with Crippen LogP contribution in [0.15, 0.2) is 36.6 Å². The van der Waals surface area contributed by atoms with Crippen LogP contribution in [0.2, 0.25) is 0 Å². The fraction of sp³-hybridized carbons (Fsp3) is 0.400. The molecule has 1 aromatic heterocycles. The topological polar surface area (TPSA) is 24.9 Å². The zero-order valence-corrected chi connectivity index (χ0v) is 11.3. The molecule has 1 fully saturated rings. The van der Waals surface area contributed by atoms with Crippen LogP contribution in [-0.4, -0.2) is 17.6 Å². The monoisotopic (exact) mass is 282 g/mol. The Morgan fingerprint density at radius 1 is 1.50 bits per heavy atom. The van der Waals surface area contributed by atoms with Gasteiger partial charge in [-0.3, -0.25) is 4.98 Å². The summed E-state index contributed by atoms with van der Waals surface area (Å²) in [5.74, 6) is 0. The third-order valence-corrected chi connectivity index (χ3v) is 3.58. The molecule has 108 valence electrons. The third-order valence-electron chi connectivity index (χ3n) is 3.58. The lowest BCUT2D eigenvalue weighted by molar-refractivity contribution is -0.138. The minimum Gasteiger partial charge on any atom is -0.310 e. The third kappa shape index (κ3) is 2.93. The fourth-order valence-corrected chi connectivity index (χ4v) is 2.53. The maximum Gasteiger partial charge on any atom is 0.418 e. The predicted octanol–water partition coefficient (Wildman–Crippen LogP) is 3.81. The van der Waals surface area contributed by atoms with E-state index >= 15 is 0 Å². The molecule has 1 atom stereocenters. The van der Waals surface area contributed by atoms with E-state index in [9.17, 15) is 13.2 Å². The minimum absolute atomic E-state index is 0.0406. The van der Waals surface area contributed by atoms with Gasteiger partial charge >= 0.3 is 6.18 Å². The average molecular weight is 282 g/mol. The lowest BCUT2D eigenvalue weighted by atomic mass is 9.95. The second kappa shape index (κ2) is 5.79. The van der Waals surface area contributed by atoms with Gasteiger partial charge in [-0.2, -0.15) is 13.2 Å². The number of alkyl halides is 3. The van der Waals surface area contributed by atoms with E-state index < -0.39 is 11.7 Å². The first-order valence-corrected chi connectivity index (χ1v) is 6.54. The second-order valence-electron chi connectivity index (χ2n) is 4.85. The largest absolute Gasteiger partial charge is 0.418 e. The Morgan fingerprint density at radius 2 is 2.25 bits per heavy atom. The molecule has 0 aliphatic carbocycles. The van der Waals surface area contributed by atoms with Gasteiger partial charge in [0.05, 0.1) is 11.3 Å². The minimum atomic E-state index is -4.42. The van der Waals surface area contributed by atoms with Crippen molar-refractivity contribution in [2.24, 2.45) is 0 Å². The molecule has 2 nitrogen and oxygen atoms in total. The van der Waals surface area contributed by atoms with Crippen molar-refractivity contribution in [3.05, 3.63) is 47.8 Å². The van der Waals surface area contributed by atoms with E-state index in [1.807, 2.05) is 6.92 Å². The molecule has 1 aromatic rings. The molecule has 1 N–H and O–H groups in total. The SMILES string of the molecule is C=C/C(=C(\C)[C@H]1CCCN1)c1ncccc1C(F)(F)F.